The van der Waals surface area contributed by atoms with Crippen molar-refractivity contribution in [2.45, 2.75) is 57.9 Å². The van der Waals surface area contributed by atoms with Crippen molar-refractivity contribution < 1.29 is 34.1 Å². The standard InChI is InChI=1S/C19H26N2O7/c1-3-14(23)9-10-15(18(25)26)20-17(24)16(12(2)22)21-19(27)28-11-13-7-5-4-6-8-13/h4-8,12,15-16,22H,3,9-11H2,1-2H3,(H,20,24)(H,21,27)(H,25,26)/t12-,15+,16+/m1/s1. The molecule has 9 heteroatoms. The minimum absolute atomic E-state index is 0.000359. The number of hydrogen-bond donors (Lipinski definition) is 4. The van der Waals surface area contributed by atoms with Gasteiger partial charge < -0.3 is 25.6 Å². The maximum atomic E-state index is 12.3. The van der Waals surface area contributed by atoms with Gasteiger partial charge in [-0.1, -0.05) is 37.3 Å². The molecule has 28 heavy (non-hydrogen) atoms. The minimum Gasteiger partial charge on any atom is -0.480 e. The molecule has 0 aromatic heterocycles. The van der Waals surface area contributed by atoms with Crippen LogP contribution in [-0.4, -0.2) is 52.2 Å². The summed E-state index contributed by atoms with van der Waals surface area (Å²) in [5, 5.41) is 23.5. The van der Waals surface area contributed by atoms with Gasteiger partial charge in [-0.05, 0) is 18.9 Å². The van der Waals surface area contributed by atoms with Crippen molar-refractivity contribution in [3.63, 3.8) is 0 Å². The van der Waals surface area contributed by atoms with Crippen LogP contribution < -0.4 is 10.6 Å². The molecule has 4 N–H and O–H groups in total. The number of nitrogens with one attached hydrogen (secondary N) is 2. The fourth-order valence-corrected chi connectivity index (χ4v) is 2.30. The zero-order chi connectivity index (χ0) is 21.1. The Morgan fingerprint density at radius 3 is 2.29 bits per heavy atom. The Balaban J connectivity index is 2.64. The van der Waals surface area contributed by atoms with Crippen molar-refractivity contribution in [2.24, 2.45) is 0 Å². The quantitative estimate of drug-likeness (QED) is 0.438. The summed E-state index contributed by atoms with van der Waals surface area (Å²) in [6.07, 6.45) is -2.04. The number of aliphatic hydroxyl groups is 1. The lowest BCUT2D eigenvalue weighted by Gasteiger charge is -2.23. The lowest BCUT2D eigenvalue weighted by Crippen LogP contribution is -2.55. The van der Waals surface area contributed by atoms with Gasteiger partial charge in [0.15, 0.2) is 0 Å². The molecule has 9 nitrogen and oxygen atoms in total. The predicted octanol–water partition coefficient (Wildman–Crippen LogP) is 0.991. The van der Waals surface area contributed by atoms with Gasteiger partial charge in [0, 0.05) is 12.8 Å². The third kappa shape index (κ3) is 8.17. The van der Waals surface area contributed by atoms with Crippen LogP contribution >= 0.6 is 0 Å². The first-order valence-electron chi connectivity index (χ1n) is 8.94. The maximum absolute atomic E-state index is 12.3. The number of ether oxygens (including phenoxy) is 1. The zero-order valence-corrected chi connectivity index (χ0v) is 15.9. The molecule has 2 amide bonds. The average Bonchev–Trinajstić information content (AvgIpc) is 2.67. The van der Waals surface area contributed by atoms with Gasteiger partial charge in [-0.15, -0.1) is 0 Å². The first-order valence-corrected chi connectivity index (χ1v) is 8.94. The number of aliphatic carboxylic acids is 1. The summed E-state index contributed by atoms with van der Waals surface area (Å²) in [6.45, 7) is 2.90. The summed E-state index contributed by atoms with van der Waals surface area (Å²) >= 11 is 0. The van der Waals surface area contributed by atoms with Gasteiger partial charge >= 0.3 is 12.1 Å². The lowest BCUT2D eigenvalue weighted by atomic mass is 10.1. The van der Waals surface area contributed by atoms with Crippen molar-refractivity contribution in [1.29, 1.82) is 0 Å². The Morgan fingerprint density at radius 2 is 1.75 bits per heavy atom. The highest BCUT2D eigenvalue weighted by Gasteiger charge is 2.30. The molecule has 0 radical (unpaired) electrons. The Kier molecular flexibility index (Phi) is 9.66. The van der Waals surface area contributed by atoms with E-state index in [1.54, 1.807) is 31.2 Å². The number of aliphatic hydroxyl groups excluding tert-OH is 1. The van der Waals surface area contributed by atoms with E-state index in [-0.39, 0.29) is 31.7 Å². The Morgan fingerprint density at radius 1 is 1.11 bits per heavy atom. The van der Waals surface area contributed by atoms with Gasteiger partial charge in [0.2, 0.25) is 5.91 Å². The predicted molar refractivity (Wildman–Crippen MR) is 99.3 cm³/mol. The average molecular weight is 394 g/mol. The van der Waals surface area contributed by atoms with E-state index in [4.69, 9.17) is 4.74 Å². The number of carboxylic acids is 1. The van der Waals surface area contributed by atoms with Crippen LogP contribution in [0.25, 0.3) is 0 Å². The number of carbonyl (C=O) groups is 4. The number of amides is 2. The summed E-state index contributed by atoms with van der Waals surface area (Å²) in [7, 11) is 0. The maximum Gasteiger partial charge on any atom is 0.408 e. The second kappa shape index (κ2) is 11.7. The van der Waals surface area contributed by atoms with E-state index < -0.39 is 36.2 Å². The van der Waals surface area contributed by atoms with Crippen LogP contribution in [0.4, 0.5) is 4.79 Å². The molecule has 0 heterocycles. The highest BCUT2D eigenvalue weighted by Crippen LogP contribution is 2.04. The van der Waals surface area contributed by atoms with E-state index in [0.717, 1.165) is 5.56 Å². The third-order valence-electron chi connectivity index (χ3n) is 3.97. The smallest absolute Gasteiger partial charge is 0.408 e. The largest absolute Gasteiger partial charge is 0.480 e. The highest BCUT2D eigenvalue weighted by molar-refractivity contribution is 5.90. The summed E-state index contributed by atoms with van der Waals surface area (Å²) in [4.78, 5) is 46.9. The van der Waals surface area contributed by atoms with E-state index in [0.29, 0.717) is 0 Å². The number of Topliss-reactive ketones (excluding diaryl/α,β-unsaturated/α-hetero) is 1. The van der Waals surface area contributed by atoms with Gasteiger partial charge in [0.1, 0.15) is 24.5 Å². The Bertz CT molecular complexity index is 676. The molecule has 0 spiro atoms. The summed E-state index contributed by atoms with van der Waals surface area (Å²) < 4.78 is 5.00. The fraction of sp³-hybridized carbons (Fsp3) is 0.474. The molecule has 0 aliphatic rings. The minimum atomic E-state index is -1.41. The fourth-order valence-electron chi connectivity index (χ4n) is 2.30. The molecule has 1 aromatic carbocycles. The van der Waals surface area contributed by atoms with E-state index in [9.17, 15) is 29.4 Å². The molecule has 0 bridgehead atoms. The number of rotatable bonds is 11. The van der Waals surface area contributed by atoms with E-state index in [1.807, 2.05) is 6.07 Å². The van der Waals surface area contributed by atoms with Gasteiger partial charge in [0.25, 0.3) is 0 Å². The van der Waals surface area contributed by atoms with E-state index in [2.05, 4.69) is 10.6 Å². The number of hydrogen-bond acceptors (Lipinski definition) is 6. The monoisotopic (exact) mass is 394 g/mol. The first kappa shape index (κ1) is 23.1. The van der Waals surface area contributed by atoms with Crippen LogP contribution in [0.3, 0.4) is 0 Å². The third-order valence-corrected chi connectivity index (χ3v) is 3.97. The van der Waals surface area contributed by atoms with E-state index in [1.165, 1.54) is 6.92 Å². The molecule has 1 aromatic rings. The number of ketones is 1. The number of carboxylic acid groups (broad SMARTS) is 1. The number of benzene rings is 1. The molecule has 3 atom stereocenters. The summed E-state index contributed by atoms with van der Waals surface area (Å²) in [5.41, 5.74) is 0.738. The summed E-state index contributed by atoms with van der Waals surface area (Å²) in [5.74, 6) is -2.33. The molecule has 0 unspecified atom stereocenters. The number of carbonyl (C=O) groups excluding carboxylic acids is 3. The SMILES string of the molecule is CCC(=O)CC[C@H](NC(=O)[C@@H](NC(=O)OCc1ccccc1)[C@@H](C)O)C(=O)O. The van der Waals surface area contributed by atoms with Crippen LogP contribution in [0.15, 0.2) is 30.3 Å². The van der Waals surface area contributed by atoms with Crippen molar-refractivity contribution >= 4 is 23.8 Å². The molecule has 0 saturated heterocycles. The first-order chi connectivity index (χ1) is 13.2. The Hall–Kier alpha value is -2.94. The van der Waals surface area contributed by atoms with Crippen LogP contribution in [0.5, 0.6) is 0 Å². The van der Waals surface area contributed by atoms with Crippen LogP contribution in [-0.2, 0) is 25.7 Å². The second-order valence-corrected chi connectivity index (χ2v) is 6.25. The molecule has 0 aliphatic carbocycles. The normalized spacial score (nSPS) is 13.7. The van der Waals surface area contributed by atoms with Crippen LogP contribution in [0.2, 0.25) is 0 Å². The highest BCUT2D eigenvalue weighted by atomic mass is 16.5. The number of alkyl carbamates (subject to hydrolysis) is 1. The van der Waals surface area contributed by atoms with Crippen LogP contribution in [0.1, 0.15) is 38.7 Å². The summed E-state index contributed by atoms with van der Waals surface area (Å²) in [6, 6.07) is 6.14. The second-order valence-electron chi connectivity index (χ2n) is 6.25. The molecular formula is C19H26N2O7. The topological polar surface area (TPSA) is 142 Å². The molecule has 154 valence electrons. The van der Waals surface area contributed by atoms with Gasteiger partial charge in [0.05, 0.1) is 6.10 Å². The molecule has 0 aliphatic heterocycles. The molecule has 0 fully saturated rings. The van der Waals surface area contributed by atoms with E-state index >= 15 is 0 Å². The Labute approximate surface area is 163 Å². The van der Waals surface area contributed by atoms with Gasteiger partial charge in [-0.25, -0.2) is 9.59 Å². The van der Waals surface area contributed by atoms with Crippen molar-refractivity contribution in [1.82, 2.24) is 10.6 Å². The van der Waals surface area contributed by atoms with Crippen LogP contribution in [0, 0.1) is 0 Å². The molecule has 0 saturated carbocycles. The van der Waals surface area contributed by atoms with Crippen molar-refractivity contribution in [2.75, 3.05) is 0 Å². The van der Waals surface area contributed by atoms with Gasteiger partial charge in [-0.2, -0.15) is 0 Å². The lowest BCUT2D eigenvalue weighted by molar-refractivity contribution is -0.142. The zero-order valence-electron chi connectivity index (χ0n) is 15.9. The molecule has 1 rings (SSSR count). The van der Waals surface area contributed by atoms with Gasteiger partial charge in [-0.3, -0.25) is 9.59 Å². The van der Waals surface area contributed by atoms with Crippen molar-refractivity contribution in [3.05, 3.63) is 35.9 Å². The molecular weight excluding hydrogens is 368 g/mol. The van der Waals surface area contributed by atoms with Crippen molar-refractivity contribution in [3.8, 4) is 0 Å².